The van der Waals surface area contributed by atoms with Gasteiger partial charge in [-0.3, -0.25) is 0 Å². The molecule has 0 radical (unpaired) electrons. The van der Waals surface area contributed by atoms with Crippen LogP contribution >= 0.6 is 11.6 Å². The lowest BCUT2D eigenvalue weighted by atomic mass is 10.6. The number of hydrogen-bond donors (Lipinski definition) is 1. The van der Waals surface area contributed by atoms with Crippen molar-refractivity contribution in [1.29, 1.82) is 0 Å². The lowest BCUT2D eigenvalue weighted by Gasteiger charge is -2.10. The van der Waals surface area contributed by atoms with E-state index in [1.165, 1.54) is 17.3 Å². The average Bonchev–Trinajstić information content (AvgIpc) is 2.96. The molecule has 2 rings (SSSR count). The highest BCUT2D eigenvalue weighted by molar-refractivity contribution is 6.28. The van der Waals surface area contributed by atoms with Gasteiger partial charge in [0.15, 0.2) is 0 Å². The largest absolute Gasteiger partial charge is 0.378 e. The molecule has 9 nitrogen and oxygen atoms in total. The molecule has 10 heteroatoms. The Morgan fingerprint density at radius 3 is 2.86 bits per heavy atom. The van der Waals surface area contributed by atoms with Gasteiger partial charge in [0.2, 0.25) is 11.2 Å². The van der Waals surface area contributed by atoms with E-state index < -0.39 is 0 Å². The van der Waals surface area contributed by atoms with Gasteiger partial charge in [0.05, 0.1) is 13.2 Å². The molecule has 0 saturated carbocycles. The van der Waals surface area contributed by atoms with Gasteiger partial charge in [-0.05, 0) is 25.7 Å². The van der Waals surface area contributed by atoms with Crippen molar-refractivity contribution in [1.82, 2.24) is 34.6 Å². The van der Waals surface area contributed by atoms with E-state index in [2.05, 4.69) is 35.3 Å². The lowest BCUT2D eigenvalue weighted by molar-refractivity contribution is 0.126. The van der Waals surface area contributed by atoms with E-state index >= 15 is 0 Å². The van der Waals surface area contributed by atoms with Gasteiger partial charge in [-0.2, -0.15) is 24.7 Å². The summed E-state index contributed by atoms with van der Waals surface area (Å²) in [5, 5.41) is 7.06. The van der Waals surface area contributed by atoms with Crippen molar-refractivity contribution in [2.24, 2.45) is 0 Å². The summed E-state index contributed by atoms with van der Waals surface area (Å²) in [7, 11) is 4.00. The number of halogens is 1. The minimum absolute atomic E-state index is 0.0894. The Bertz CT molecular complexity index is 547. The molecule has 0 aliphatic carbocycles. The summed E-state index contributed by atoms with van der Waals surface area (Å²) in [6, 6.07) is 0. The Labute approximate surface area is 127 Å². The molecule has 0 unspecified atom stereocenters. The van der Waals surface area contributed by atoms with Crippen LogP contribution in [-0.2, 0) is 4.74 Å². The van der Waals surface area contributed by atoms with Crippen LogP contribution < -0.4 is 5.32 Å². The highest BCUT2D eigenvalue weighted by Crippen LogP contribution is 2.08. The summed E-state index contributed by atoms with van der Waals surface area (Å²) in [6.07, 6.45) is 2.88. The van der Waals surface area contributed by atoms with E-state index in [1.807, 2.05) is 14.1 Å². The molecule has 0 amide bonds. The van der Waals surface area contributed by atoms with E-state index in [0.717, 1.165) is 6.54 Å². The minimum atomic E-state index is 0.0894. The van der Waals surface area contributed by atoms with Crippen molar-refractivity contribution in [3.05, 3.63) is 17.9 Å². The first kappa shape index (κ1) is 15.5. The van der Waals surface area contributed by atoms with Crippen LogP contribution in [-0.4, -0.2) is 75.0 Å². The Kier molecular flexibility index (Phi) is 5.78. The molecule has 2 aromatic heterocycles. The summed E-state index contributed by atoms with van der Waals surface area (Å²) in [4.78, 5) is 18.1. The second-order valence-electron chi connectivity index (χ2n) is 4.41. The summed E-state index contributed by atoms with van der Waals surface area (Å²) in [6.45, 7) is 2.69. The molecular formula is C11H17ClN8O. The zero-order valence-electron chi connectivity index (χ0n) is 11.9. The third kappa shape index (κ3) is 5.21. The Morgan fingerprint density at radius 1 is 1.29 bits per heavy atom. The van der Waals surface area contributed by atoms with Crippen LogP contribution in [0.2, 0.25) is 5.28 Å². The Morgan fingerprint density at radius 2 is 2.14 bits per heavy atom. The maximum Gasteiger partial charge on any atom is 0.258 e. The second kappa shape index (κ2) is 7.81. The van der Waals surface area contributed by atoms with Crippen LogP contribution in [0.25, 0.3) is 5.95 Å². The molecule has 2 heterocycles. The standard InChI is InChI=1S/C11H17ClN8O/c1-19(2)4-6-21-5-3-14-10-16-9(12)17-11(18-10)20-8-13-7-15-20/h7-8H,3-6H2,1-2H3,(H,14,16,17,18). The first-order valence-corrected chi connectivity index (χ1v) is 6.76. The molecule has 114 valence electrons. The molecule has 2 aromatic rings. The summed E-state index contributed by atoms with van der Waals surface area (Å²) < 4.78 is 6.87. The summed E-state index contributed by atoms with van der Waals surface area (Å²) in [5.41, 5.74) is 0. The van der Waals surface area contributed by atoms with E-state index in [1.54, 1.807) is 0 Å². The predicted molar refractivity (Wildman–Crippen MR) is 77.6 cm³/mol. The fraction of sp³-hybridized carbons (Fsp3) is 0.545. The van der Waals surface area contributed by atoms with Crippen LogP contribution in [0.15, 0.2) is 12.7 Å². The predicted octanol–water partition coefficient (Wildman–Crippen LogP) is 0.0958. The van der Waals surface area contributed by atoms with Gasteiger partial charge < -0.3 is 15.0 Å². The average molecular weight is 313 g/mol. The van der Waals surface area contributed by atoms with Crippen molar-refractivity contribution in [3.63, 3.8) is 0 Å². The maximum atomic E-state index is 5.86. The number of likely N-dealkylation sites (N-methyl/N-ethyl adjacent to an activating group) is 1. The first-order valence-electron chi connectivity index (χ1n) is 6.38. The summed E-state index contributed by atoms with van der Waals surface area (Å²) >= 11 is 5.86. The van der Waals surface area contributed by atoms with E-state index in [4.69, 9.17) is 16.3 Å². The monoisotopic (exact) mass is 312 g/mol. The molecule has 0 saturated heterocycles. The van der Waals surface area contributed by atoms with Gasteiger partial charge in [-0.25, -0.2) is 4.98 Å². The molecule has 0 atom stereocenters. The third-order valence-corrected chi connectivity index (χ3v) is 2.60. The molecule has 0 spiro atoms. The van der Waals surface area contributed by atoms with Crippen molar-refractivity contribution < 1.29 is 4.74 Å². The highest BCUT2D eigenvalue weighted by atomic mass is 35.5. The first-order chi connectivity index (χ1) is 10.1. The Balaban J connectivity index is 1.83. The maximum absolute atomic E-state index is 5.86. The van der Waals surface area contributed by atoms with E-state index in [-0.39, 0.29) is 5.28 Å². The van der Waals surface area contributed by atoms with Crippen molar-refractivity contribution >= 4 is 17.5 Å². The quantitative estimate of drug-likeness (QED) is 0.686. The molecule has 0 aromatic carbocycles. The van der Waals surface area contributed by atoms with Crippen molar-refractivity contribution in [3.8, 4) is 5.95 Å². The Hall–Kier alpha value is -1.84. The number of nitrogens with zero attached hydrogens (tertiary/aromatic N) is 7. The van der Waals surface area contributed by atoms with Crippen LogP contribution in [0.4, 0.5) is 5.95 Å². The number of aromatic nitrogens is 6. The fourth-order valence-corrected chi connectivity index (χ4v) is 1.57. The highest BCUT2D eigenvalue weighted by Gasteiger charge is 2.07. The summed E-state index contributed by atoms with van der Waals surface area (Å²) in [5.74, 6) is 0.681. The topological polar surface area (TPSA) is 93.9 Å². The lowest BCUT2D eigenvalue weighted by Crippen LogP contribution is -2.20. The molecule has 0 aliphatic heterocycles. The van der Waals surface area contributed by atoms with Gasteiger partial charge >= 0.3 is 0 Å². The minimum Gasteiger partial charge on any atom is -0.378 e. The molecule has 0 bridgehead atoms. The number of anilines is 1. The van der Waals surface area contributed by atoms with Crippen LogP contribution in [0.1, 0.15) is 0 Å². The smallest absolute Gasteiger partial charge is 0.258 e. The zero-order valence-corrected chi connectivity index (χ0v) is 12.7. The normalized spacial score (nSPS) is 11.0. The van der Waals surface area contributed by atoms with Crippen LogP contribution in [0, 0.1) is 0 Å². The van der Waals surface area contributed by atoms with Crippen LogP contribution in [0.5, 0.6) is 0 Å². The molecule has 0 aliphatic rings. The zero-order chi connectivity index (χ0) is 15.1. The number of nitrogens with one attached hydrogen (secondary N) is 1. The van der Waals surface area contributed by atoms with Gasteiger partial charge in [0, 0.05) is 13.1 Å². The van der Waals surface area contributed by atoms with E-state index in [0.29, 0.717) is 31.7 Å². The number of ether oxygens (including phenoxy) is 1. The number of rotatable bonds is 8. The number of hydrogen-bond acceptors (Lipinski definition) is 8. The van der Waals surface area contributed by atoms with E-state index in [9.17, 15) is 0 Å². The third-order valence-electron chi connectivity index (χ3n) is 2.43. The van der Waals surface area contributed by atoms with Gasteiger partial charge in [-0.1, -0.05) is 0 Å². The van der Waals surface area contributed by atoms with Gasteiger partial charge in [0.25, 0.3) is 5.95 Å². The van der Waals surface area contributed by atoms with Gasteiger partial charge in [0.1, 0.15) is 12.7 Å². The molecule has 1 N–H and O–H groups in total. The van der Waals surface area contributed by atoms with Crippen molar-refractivity contribution in [2.75, 3.05) is 45.7 Å². The van der Waals surface area contributed by atoms with Crippen LogP contribution in [0.3, 0.4) is 0 Å². The van der Waals surface area contributed by atoms with Crippen molar-refractivity contribution in [2.45, 2.75) is 0 Å². The fourth-order valence-electron chi connectivity index (χ4n) is 1.42. The molecule has 0 fully saturated rings. The molecule has 21 heavy (non-hydrogen) atoms. The molecular weight excluding hydrogens is 296 g/mol. The second-order valence-corrected chi connectivity index (χ2v) is 4.75. The van der Waals surface area contributed by atoms with Gasteiger partial charge in [-0.15, -0.1) is 0 Å². The SMILES string of the molecule is CN(C)CCOCCNc1nc(Cl)nc(-n2cncn2)n1.